The van der Waals surface area contributed by atoms with E-state index in [0.29, 0.717) is 12.0 Å². The van der Waals surface area contributed by atoms with E-state index < -0.39 is 35.4 Å². The summed E-state index contributed by atoms with van der Waals surface area (Å²) in [5.41, 5.74) is -1.26. The standard InChI is InChI=1S/C34H55NO7/c1-6-7-8-9-10-11-12-13-14-15-16-17-18-22-25-29-30(42-33(2,3)41-29)34(32(37)39-5,26-40-27-38-4)35-31(36)28-23-20-19-21-24-28/h18-24,29-30H,6-17,25-27H2,1-5H3,(H,35,36)/b22-18+/t29-,30+,34+/m1/s1. The molecule has 0 bridgehead atoms. The zero-order chi connectivity index (χ0) is 30.7. The summed E-state index contributed by atoms with van der Waals surface area (Å²) in [6.45, 7) is 5.57. The molecule has 1 aliphatic rings. The highest BCUT2D eigenvalue weighted by Gasteiger charge is 2.58. The number of rotatable bonds is 22. The summed E-state index contributed by atoms with van der Waals surface area (Å²) in [7, 11) is 2.77. The number of nitrogens with one attached hydrogen (secondary N) is 1. The van der Waals surface area contributed by atoms with Crippen LogP contribution in [0.1, 0.15) is 115 Å². The van der Waals surface area contributed by atoms with Crippen LogP contribution in [0.3, 0.4) is 0 Å². The van der Waals surface area contributed by atoms with Crippen LogP contribution in [0.5, 0.6) is 0 Å². The summed E-state index contributed by atoms with van der Waals surface area (Å²) < 4.78 is 28.5. The first kappa shape index (κ1) is 35.9. The van der Waals surface area contributed by atoms with Crippen LogP contribution in [0.15, 0.2) is 42.5 Å². The Morgan fingerprint density at radius 3 is 2.12 bits per heavy atom. The molecule has 1 fully saturated rings. The van der Waals surface area contributed by atoms with Gasteiger partial charge >= 0.3 is 5.97 Å². The number of allylic oxidation sites excluding steroid dienone is 1. The van der Waals surface area contributed by atoms with Gasteiger partial charge in [-0.1, -0.05) is 101 Å². The van der Waals surface area contributed by atoms with Crippen LogP contribution in [0.25, 0.3) is 0 Å². The van der Waals surface area contributed by atoms with Crippen molar-refractivity contribution < 1.29 is 33.3 Å². The molecule has 0 spiro atoms. The molecule has 0 radical (unpaired) electrons. The van der Waals surface area contributed by atoms with Crippen LogP contribution in [0, 0.1) is 0 Å². The van der Waals surface area contributed by atoms with Crippen LogP contribution in [-0.2, 0) is 28.5 Å². The van der Waals surface area contributed by atoms with Crippen molar-refractivity contribution in [2.24, 2.45) is 0 Å². The van der Waals surface area contributed by atoms with Crippen LogP contribution in [-0.4, -0.2) is 63.0 Å². The molecule has 1 amide bonds. The third-order valence-corrected chi connectivity index (χ3v) is 7.63. The molecular weight excluding hydrogens is 534 g/mol. The molecule has 8 heteroatoms. The SMILES string of the molecule is CCCCCCCCCCCCC/C=C/C[C@H]1OC(C)(C)O[C@@H]1[C@](COCOC)(NC(=O)c1ccccc1)C(=O)OC. The van der Waals surface area contributed by atoms with Crippen molar-refractivity contribution in [2.45, 2.75) is 128 Å². The maximum Gasteiger partial charge on any atom is 0.336 e. The lowest BCUT2D eigenvalue weighted by Crippen LogP contribution is -2.67. The number of hydrogen-bond acceptors (Lipinski definition) is 7. The smallest absolute Gasteiger partial charge is 0.336 e. The number of hydrogen-bond donors (Lipinski definition) is 1. The maximum atomic E-state index is 13.4. The molecule has 3 atom stereocenters. The molecule has 1 aromatic carbocycles. The van der Waals surface area contributed by atoms with E-state index in [9.17, 15) is 9.59 Å². The highest BCUT2D eigenvalue weighted by molar-refractivity contribution is 5.98. The Kier molecular flexibility index (Phi) is 17.0. The fourth-order valence-electron chi connectivity index (χ4n) is 5.45. The fraction of sp³-hybridized carbons (Fsp3) is 0.706. The molecule has 42 heavy (non-hydrogen) atoms. The van der Waals surface area contributed by atoms with Gasteiger partial charge in [-0.2, -0.15) is 0 Å². The van der Waals surface area contributed by atoms with Gasteiger partial charge in [0.15, 0.2) is 11.3 Å². The second-order valence-corrected chi connectivity index (χ2v) is 11.7. The first-order valence-corrected chi connectivity index (χ1v) is 15.8. The van der Waals surface area contributed by atoms with Crippen molar-refractivity contribution in [3.05, 3.63) is 48.0 Å². The van der Waals surface area contributed by atoms with Crippen molar-refractivity contribution in [3.63, 3.8) is 0 Å². The second kappa shape index (κ2) is 19.8. The number of unbranched alkanes of at least 4 members (excludes halogenated alkanes) is 11. The molecule has 1 saturated heterocycles. The van der Waals surface area contributed by atoms with Crippen LogP contribution in [0.4, 0.5) is 0 Å². The lowest BCUT2D eigenvalue weighted by atomic mass is 9.87. The van der Waals surface area contributed by atoms with Crippen molar-refractivity contribution in [1.29, 1.82) is 0 Å². The predicted octanol–water partition coefficient (Wildman–Crippen LogP) is 7.12. The summed E-state index contributed by atoms with van der Waals surface area (Å²) in [6.07, 6.45) is 18.9. The van der Waals surface area contributed by atoms with E-state index in [1.54, 1.807) is 38.1 Å². The molecule has 238 valence electrons. The number of methoxy groups -OCH3 is 2. The fourth-order valence-corrected chi connectivity index (χ4v) is 5.45. The third kappa shape index (κ3) is 12.2. The van der Waals surface area contributed by atoms with Crippen LogP contribution in [0.2, 0.25) is 0 Å². The Morgan fingerprint density at radius 2 is 1.52 bits per heavy atom. The van der Waals surface area contributed by atoms with Gasteiger partial charge in [-0.25, -0.2) is 4.79 Å². The van der Waals surface area contributed by atoms with Gasteiger partial charge in [-0.05, 0) is 45.2 Å². The van der Waals surface area contributed by atoms with Crippen molar-refractivity contribution in [3.8, 4) is 0 Å². The van der Waals surface area contributed by atoms with Crippen molar-refractivity contribution >= 4 is 11.9 Å². The number of esters is 1. The first-order valence-electron chi connectivity index (χ1n) is 15.8. The molecule has 1 aliphatic heterocycles. The molecule has 1 N–H and O–H groups in total. The van der Waals surface area contributed by atoms with E-state index in [0.717, 1.165) is 12.8 Å². The Labute approximate surface area is 253 Å². The van der Waals surface area contributed by atoms with Crippen LogP contribution < -0.4 is 5.32 Å². The third-order valence-electron chi connectivity index (χ3n) is 7.63. The quantitative estimate of drug-likeness (QED) is 0.0666. The minimum Gasteiger partial charge on any atom is -0.467 e. The predicted molar refractivity (Wildman–Crippen MR) is 165 cm³/mol. The normalized spacial score (nSPS) is 19.5. The van der Waals surface area contributed by atoms with E-state index in [-0.39, 0.29) is 13.4 Å². The molecule has 1 aromatic rings. The monoisotopic (exact) mass is 589 g/mol. The van der Waals surface area contributed by atoms with E-state index in [1.165, 1.54) is 78.4 Å². The van der Waals surface area contributed by atoms with E-state index in [4.69, 9.17) is 23.7 Å². The highest BCUT2D eigenvalue weighted by Crippen LogP contribution is 2.37. The Hall–Kier alpha value is -2.26. The molecule has 0 saturated carbocycles. The highest BCUT2D eigenvalue weighted by atomic mass is 16.8. The van der Waals surface area contributed by atoms with E-state index in [2.05, 4.69) is 24.4 Å². The van der Waals surface area contributed by atoms with Crippen molar-refractivity contribution in [1.82, 2.24) is 5.32 Å². The van der Waals surface area contributed by atoms with Gasteiger partial charge in [0.2, 0.25) is 0 Å². The zero-order valence-corrected chi connectivity index (χ0v) is 26.7. The van der Waals surface area contributed by atoms with Gasteiger partial charge in [0, 0.05) is 12.7 Å². The van der Waals surface area contributed by atoms with Gasteiger partial charge in [0.05, 0.1) is 19.8 Å². The molecule has 8 nitrogen and oxygen atoms in total. The average Bonchev–Trinajstić information content (AvgIpc) is 3.31. The summed E-state index contributed by atoms with van der Waals surface area (Å²) in [4.78, 5) is 26.7. The topological polar surface area (TPSA) is 92.3 Å². The molecule has 0 unspecified atom stereocenters. The summed E-state index contributed by atoms with van der Waals surface area (Å²) in [5, 5.41) is 2.89. The molecule has 0 aliphatic carbocycles. The van der Waals surface area contributed by atoms with E-state index in [1.807, 2.05) is 6.07 Å². The number of benzene rings is 1. The number of amides is 1. The maximum absolute atomic E-state index is 13.4. The lowest BCUT2D eigenvalue weighted by Gasteiger charge is -2.37. The Bertz CT molecular complexity index is 920. The Balaban J connectivity index is 1.99. The molecule has 2 rings (SSSR count). The van der Waals surface area contributed by atoms with Gasteiger partial charge in [0.1, 0.15) is 12.9 Å². The number of carbonyl (C=O) groups is 2. The largest absolute Gasteiger partial charge is 0.467 e. The number of ether oxygens (including phenoxy) is 5. The van der Waals surface area contributed by atoms with Gasteiger partial charge < -0.3 is 29.0 Å². The molecular formula is C34H55NO7. The minimum absolute atomic E-state index is 0.0690. The summed E-state index contributed by atoms with van der Waals surface area (Å²) in [6, 6.07) is 8.70. The van der Waals surface area contributed by atoms with Gasteiger partial charge in [-0.3, -0.25) is 4.79 Å². The Morgan fingerprint density at radius 1 is 0.905 bits per heavy atom. The van der Waals surface area contributed by atoms with Gasteiger partial charge in [-0.15, -0.1) is 0 Å². The summed E-state index contributed by atoms with van der Waals surface area (Å²) >= 11 is 0. The van der Waals surface area contributed by atoms with Crippen LogP contribution >= 0.6 is 0 Å². The average molecular weight is 590 g/mol. The second-order valence-electron chi connectivity index (χ2n) is 11.7. The lowest BCUT2D eigenvalue weighted by molar-refractivity contribution is -0.175. The zero-order valence-electron chi connectivity index (χ0n) is 26.7. The van der Waals surface area contributed by atoms with Crippen molar-refractivity contribution in [2.75, 3.05) is 27.6 Å². The number of carbonyl (C=O) groups excluding carboxylic acids is 2. The molecule has 0 aromatic heterocycles. The molecule has 1 heterocycles. The van der Waals surface area contributed by atoms with E-state index >= 15 is 0 Å². The summed E-state index contributed by atoms with van der Waals surface area (Å²) in [5.74, 6) is -2.10. The first-order chi connectivity index (χ1) is 20.3. The van der Waals surface area contributed by atoms with Gasteiger partial charge in [0.25, 0.3) is 5.91 Å². The minimum atomic E-state index is -1.66.